The first-order chi connectivity index (χ1) is 8.22. The van der Waals surface area contributed by atoms with Gasteiger partial charge in [-0.15, -0.1) is 0 Å². The van der Waals surface area contributed by atoms with Crippen LogP contribution in [-0.2, 0) is 6.54 Å². The molecule has 1 aromatic heterocycles. The van der Waals surface area contributed by atoms with E-state index in [2.05, 4.69) is 5.32 Å². The fourth-order valence-corrected chi connectivity index (χ4v) is 1.66. The van der Waals surface area contributed by atoms with Gasteiger partial charge >= 0.3 is 0 Å². The second-order valence-corrected chi connectivity index (χ2v) is 3.66. The highest BCUT2D eigenvalue weighted by atomic mass is 19.1. The lowest BCUT2D eigenvalue weighted by atomic mass is 10.1. The predicted octanol–water partition coefficient (Wildman–Crippen LogP) is 3.33. The molecule has 1 aromatic carbocycles. The minimum Gasteiger partial charge on any atom is -0.467 e. The van der Waals surface area contributed by atoms with Crippen molar-refractivity contribution in [2.24, 2.45) is 0 Å². The number of furan rings is 1. The standard InChI is InChI=1S/C13H13F2NO/c1-2-16-8-13-10(5-6-17-13)11-7-9(14)3-4-12(11)15/h3-7,16H,2,8H2,1H3. The van der Waals surface area contributed by atoms with E-state index in [9.17, 15) is 8.78 Å². The van der Waals surface area contributed by atoms with Gasteiger partial charge in [0.2, 0.25) is 0 Å². The Labute approximate surface area is 98.3 Å². The monoisotopic (exact) mass is 237 g/mol. The first kappa shape index (κ1) is 11.8. The maximum atomic E-state index is 13.6. The van der Waals surface area contributed by atoms with E-state index in [1.165, 1.54) is 12.3 Å². The largest absolute Gasteiger partial charge is 0.467 e. The first-order valence-corrected chi connectivity index (χ1v) is 5.45. The molecule has 2 aromatic rings. The van der Waals surface area contributed by atoms with Crippen molar-refractivity contribution in [3.05, 3.63) is 47.9 Å². The molecule has 2 nitrogen and oxygen atoms in total. The Balaban J connectivity index is 2.38. The number of halogens is 2. The summed E-state index contributed by atoms with van der Waals surface area (Å²) in [4.78, 5) is 0. The molecule has 0 bridgehead atoms. The molecule has 17 heavy (non-hydrogen) atoms. The van der Waals surface area contributed by atoms with Crippen LogP contribution in [-0.4, -0.2) is 6.54 Å². The lowest BCUT2D eigenvalue weighted by Crippen LogP contribution is -2.11. The van der Waals surface area contributed by atoms with Crippen molar-refractivity contribution in [3.8, 4) is 11.1 Å². The van der Waals surface area contributed by atoms with E-state index in [1.807, 2.05) is 6.92 Å². The van der Waals surface area contributed by atoms with Crippen molar-refractivity contribution in [3.63, 3.8) is 0 Å². The predicted molar refractivity (Wildman–Crippen MR) is 61.4 cm³/mol. The first-order valence-electron chi connectivity index (χ1n) is 5.45. The summed E-state index contributed by atoms with van der Waals surface area (Å²) in [5.74, 6) is -0.307. The highest BCUT2D eigenvalue weighted by Crippen LogP contribution is 2.28. The lowest BCUT2D eigenvalue weighted by Gasteiger charge is -2.05. The van der Waals surface area contributed by atoms with Gasteiger partial charge in [-0.3, -0.25) is 0 Å². The molecular weight excluding hydrogens is 224 g/mol. The van der Waals surface area contributed by atoms with Gasteiger partial charge < -0.3 is 9.73 Å². The molecule has 0 saturated carbocycles. The molecule has 0 saturated heterocycles. The van der Waals surface area contributed by atoms with E-state index in [0.29, 0.717) is 17.9 Å². The maximum Gasteiger partial charge on any atom is 0.131 e. The van der Waals surface area contributed by atoms with Crippen LogP contribution in [0.25, 0.3) is 11.1 Å². The molecule has 0 fully saturated rings. The molecule has 0 radical (unpaired) electrons. The Hall–Kier alpha value is -1.68. The minimum atomic E-state index is -0.461. The molecule has 1 heterocycles. The van der Waals surface area contributed by atoms with Crippen molar-refractivity contribution in [2.75, 3.05) is 6.54 Å². The summed E-state index contributed by atoms with van der Waals surface area (Å²) in [6.45, 7) is 3.24. The highest BCUT2D eigenvalue weighted by molar-refractivity contribution is 5.66. The lowest BCUT2D eigenvalue weighted by molar-refractivity contribution is 0.488. The van der Waals surface area contributed by atoms with E-state index >= 15 is 0 Å². The zero-order chi connectivity index (χ0) is 12.3. The molecule has 4 heteroatoms. The van der Waals surface area contributed by atoms with Gasteiger partial charge in [-0.2, -0.15) is 0 Å². The third-order valence-electron chi connectivity index (χ3n) is 2.50. The summed E-state index contributed by atoms with van der Waals surface area (Å²) in [6.07, 6.45) is 1.48. The third kappa shape index (κ3) is 2.53. The van der Waals surface area contributed by atoms with Crippen LogP contribution < -0.4 is 5.32 Å². The quantitative estimate of drug-likeness (QED) is 0.882. The van der Waals surface area contributed by atoms with Gasteiger partial charge in [-0.25, -0.2) is 8.78 Å². The SMILES string of the molecule is CCNCc1occc1-c1cc(F)ccc1F. The number of hydrogen-bond donors (Lipinski definition) is 1. The van der Waals surface area contributed by atoms with Crippen LogP contribution in [0.3, 0.4) is 0 Å². The van der Waals surface area contributed by atoms with Crippen LogP contribution in [0.5, 0.6) is 0 Å². The Morgan fingerprint density at radius 1 is 1.18 bits per heavy atom. The normalized spacial score (nSPS) is 10.8. The molecular formula is C13H13F2NO. The van der Waals surface area contributed by atoms with E-state index in [1.54, 1.807) is 6.07 Å². The molecule has 0 spiro atoms. The fourth-order valence-electron chi connectivity index (χ4n) is 1.66. The Morgan fingerprint density at radius 2 is 2.00 bits per heavy atom. The summed E-state index contributed by atoms with van der Waals surface area (Å²) in [6, 6.07) is 5.04. The van der Waals surface area contributed by atoms with Crippen molar-refractivity contribution in [1.29, 1.82) is 0 Å². The van der Waals surface area contributed by atoms with Crippen molar-refractivity contribution < 1.29 is 13.2 Å². The molecule has 0 aliphatic carbocycles. The number of hydrogen-bond acceptors (Lipinski definition) is 2. The molecule has 0 amide bonds. The minimum absolute atomic E-state index is 0.228. The van der Waals surface area contributed by atoms with Gasteiger partial charge in [-0.1, -0.05) is 6.92 Å². The van der Waals surface area contributed by atoms with Crippen LogP contribution in [0.1, 0.15) is 12.7 Å². The number of nitrogens with one attached hydrogen (secondary N) is 1. The van der Waals surface area contributed by atoms with Crippen molar-refractivity contribution in [1.82, 2.24) is 5.32 Å². The van der Waals surface area contributed by atoms with Crippen LogP contribution in [0.4, 0.5) is 8.78 Å². The van der Waals surface area contributed by atoms with Gasteiger partial charge in [-0.05, 0) is 30.8 Å². The van der Waals surface area contributed by atoms with Crippen LogP contribution >= 0.6 is 0 Å². The van der Waals surface area contributed by atoms with Gasteiger partial charge in [0, 0.05) is 11.1 Å². The van der Waals surface area contributed by atoms with Crippen molar-refractivity contribution in [2.45, 2.75) is 13.5 Å². The molecule has 0 unspecified atom stereocenters. The van der Waals surface area contributed by atoms with Gasteiger partial charge in [0.15, 0.2) is 0 Å². The van der Waals surface area contributed by atoms with Crippen molar-refractivity contribution >= 4 is 0 Å². The van der Waals surface area contributed by atoms with Gasteiger partial charge in [0.1, 0.15) is 17.4 Å². The fraction of sp³-hybridized carbons (Fsp3) is 0.231. The van der Waals surface area contributed by atoms with Crippen LogP contribution in [0, 0.1) is 11.6 Å². The average Bonchev–Trinajstić information content (AvgIpc) is 2.77. The van der Waals surface area contributed by atoms with E-state index in [0.717, 1.165) is 18.7 Å². The second-order valence-electron chi connectivity index (χ2n) is 3.66. The molecule has 1 N–H and O–H groups in total. The molecule has 2 rings (SSSR count). The van der Waals surface area contributed by atoms with E-state index in [4.69, 9.17) is 4.42 Å². The van der Waals surface area contributed by atoms with E-state index < -0.39 is 11.6 Å². The average molecular weight is 237 g/mol. The molecule has 0 aliphatic heterocycles. The summed E-state index contributed by atoms with van der Waals surface area (Å²) in [7, 11) is 0. The number of rotatable bonds is 4. The maximum absolute atomic E-state index is 13.6. The summed E-state index contributed by atoms with van der Waals surface area (Å²) < 4.78 is 32.0. The molecule has 90 valence electrons. The Kier molecular flexibility index (Phi) is 3.54. The highest BCUT2D eigenvalue weighted by Gasteiger charge is 2.13. The zero-order valence-electron chi connectivity index (χ0n) is 9.47. The molecule has 0 aliphatic rings. The number of benzene rings is 1. The smallest absolute Gasteiger partial charge is 0.131 e. The van der Waals surface area contributed by atoms with Gasteiger partial charge in [0.05, 0.1) is 12.8 Å². The second kappa shape index (κ2) is 5.10. The van der Waals surface area contributed by atoms with Gasteiger partial charge in [0.25, 0.3) is 0 Å². The Bertz CT molecular complexity index is 508. The summed E-state index contributed by atoms with van der Waals surface area (Å²) in [5, 5.41) is 3.08. The summed E-state index contributed by atoms with van der Waals surface area (Å²) >= 11 is 0. The van der Waals surface area contributed by atoms with Crippen LogP contribution in [0.2, 0.25) is 0 Å². The Morgan fingerprint density at radius 3 is 2.76 bits per heavy atom. The van der Waals surface area contributed by atoms with Crippen LogP contribution in [0.15, 0.2) is 34.9 Å². The summed E-state index contributed by atoms with van der Waals surface area (Å²) in [5.41, 5.74) is 0.814. The third-order valence-corrected chi connectivity index (χ3v) is 2.50. The zero-order valence-corrected chi connectivity index (χ0v) is 9.47. The van der Waals surface area contributed by atoms with E-state index in [-0.39, 0.29) is 5.56 Å². The topological polar surface area (TPSA) is 25.2 Å². The molecule has 0 atom stereocenters.